The molecular formula is C23H23FN4O4S. The van der Waals surface area contributed by atoms with Gasteiger partial charge >= 0.3 is 0 Å². The van der Waals surface area contributed by atoms with Crippen LogP contribution < -0.4 is 15.0 Å². The SMILES string of the molecule is COc1ccc(NC(=O)c2cccc(S(=O)(=O)N3CCN(c4ccc(F)cc4)CC3)c2)cn1. The Morgan fingerprint density at radius 3 is 2.39 bits per heavy atom. The summed E-state index contributed by atoms with van der Waals surface area (Å²) in [6.07, 6.45) is 1.46. The van der Waals surface area contributed by atoms with Crippen molar-refractivity contribution in [2.24, 2.45) is 0 Å². The summed E-state index contributed by atoms with van der Waals surface area (Å²) in [6, 6.07) is 15.3. The summed E-state index contributed by atoms with van der Waals surface area (Å²) in [4.78, 5) is 18.7. The molecule has 33 heavy (non-hydrogen) atoms. The number of anilines is 2. The predicted octanol–water partition coefficient (Wildman–Crippen LogP) is 2.99. The van der Waals surface area contributed by atoms with Crippen LogP contribution in [0.5, 0.6) is 5.88 Å². The number of rotatable bonds is 6. The lowest BCUT2D eigenvalue weighted by Gasteiger charge is -2.35. The zero-order valence-corrected chi connectivity index (χ0v) is 18.8. The Morgan fingerprint density at radius 2 is 1.76 bits per heavy atom. The first-order chi connectivity index (χ1) is 15.9. The summed E-state index contributed by atoms with van der Waals surface area (Å²) in [5.74, 6) is -0.340. The molecule has 4 rings (SSSR count). The van der Waals surface area contributed by atoms with Crippen molar-refractivity contribution in [3.8, 4) is 5.88 Å². The van der Waals surface area contributed by atoms with Gasteiger partial charge in [-0.25, -0.2) is 17.8 Å². The maximum absolute atomic E-state index is 13.2. The van der Waals surface area contributed by atoms with Crippen molar-refractivity contribution >= 4 is 27.3 Å². The molecule has 1 fully saturated rings. The highest BCUT2D eigenvalue weighted by atomic mass is 32.2. The minimum absolute atomic E-state index is 0.0539. The Labute approximate surface area is 191 Å². The van der Waals surface area contributed by atoms with Gasteiger partial charge in [0.25, 0.3) is 5.91 Å². The molecule has 1 aliphatic rings. The Balaban J connectivity index is 1.44. The first kappa shape index (κ1) is 22.7. The van der Waals surface area contributed by atoms with Crippen LogP contribution in [0, 0.1) is 5.82 Å². The fraction of sp³-hybridized carbons (Fsp3) is 0.217. The van der Waals surface area contributed by atoms with Gasteiger partial charge in [0, 0.05) is 43.5 Å². The first-order valence-corrected chi connectivity index (χ1v) is 11.7. The fourth-order valence-corrected chi connectivity index (χ4v) is 5.03. The van der Waals surface area contributed by atoms with Gasteiger partial charge in [0.2, 0.25) is 15.9 Å². The standard InChI is InChI=1S/C23H23FN4O4S/c1-32-22-10-7-19(16-25-22)26-23(29)17-3-2-4-21(15-17)33(30,31)28-13-11-27(12-14-28)20-8-5-18(24)6-9-20/h2-10,15-16H,11-14H2,1H3,(H,26,29). The molecular weight excluding hydrogens is 447 g/mol. The normalized spacial score (nSPS) is 14.7. The highest BCUT2D eigenvalue weighted by molar-refractivity contribution is 7.89. The van der Waals surface area contributed by atoms with Crippen LogP contribution in [-0.4, -0.2) is 56.9 Å². The van der Waals surface area contributed by atoms with E-state index >= 15 is 0 Å². The monoisotopic (exact) mass is 470 g/mol. The lowest BCUT2D eigenvalue weighted by atomic mass is 10.2. The number of carbonyl (C=O) groups excluding carboxylic acids is 1. The van der Waals surface area contributed by atoms with Gasteiger partial charge in [-0.05, 0) is 48.5 Å². The van der Waals surface area contributed by atoms with Gasteiger partial charge in [0.15, 0.2) is 0 Å². The van der Waals surface area contributed by atoms with Gasteiger partial charge in [0.1, 0.15) is 5.82 Å². The van der Waals surface area contributed by atoms with Crippen LogP contribution >= 0.6 is 0 Å². The van der Waals surface area contributed by atoms with Crippen molar-refractivity contribution in [1.82, 2.24) is 9.29 Å². The fourth-order valence-electron chi connectivity index (χ4n) is 3.56. The number of pyridine rings is 1. The second-order valence-electron chi connectivity index (χ2n) is 7.44. The topological polar surface area (TPSA) is 91.8 Å². The number of piperazine rings is 1. The third-order valence-electron chi connectivity index (χ3n) is 5.37. The van der Waals surface area contributed by atoms with Gasteiger partial charge < -0.3 is 15.0 Å². The van der Waals surface area contributed by atoms with Gasteiger partial charge in [0.05, 0.1) is 23.9 Å². The number of carbonyl (C=O) groups is 1. The van der Waals surface area contributed by atoms with Crippen molar-refractivity contribution in [1.29, 1.82) is 0 Å². The maximum atomic E-state index is 13.2. The Hall–Kier alpha value is -3.50. The van der Waals surface area contributed by atoms with E-state index in [4.69, 9.17) is 4.74 Å². The highest BCUT2D eigenvalue weighted by Gasteiger charge is 2.29. The highest BCUT2D eigenvalue weighted by Crippen LogP contribution is 2.22. The van der Waals surface area contributed by atoms with Crippen LogP contribution in [0.1, 0.15) is 10.4 Å². The first-order valence-electron chi connectivity index (χ1n) is 10.3. The number of aromatic nitrogens is 1. The number of methoxy groups -OCH3 is 1. The van der Waals surface area contributed by atoms with Gasteiger partial charge in [-0.3, -0.25) is 4.79 Å². The molecule has 10 heteroatoms. The molecule has 0 unspecified atom stereocenters. The molecule has 0 spiro atoms. The van der Waals surface area contributed by atoms with Gasteiger partial charge in [-0.1, -0.05) is 6.07 Å². The molecule has 2 heterocycles. The van der Waals surface area contributed by atoms with Crippen molar-refractivity contribution in [3.05, 3.63) is 78.2 Å². The largest absolute Gasteiger partial charge is 0.481 e. The van der Waals surface area contributed by atoms with E-state index in [0.717, 1.165) is 5.69 Å². The van der Waals surface area contributed by atoms with Crippen LogP contribution in [-0.2, 0) is 10.0 Å². The lowest BCUT2D eigenvalue weighted by Crippen LogP contribution is -2.48. The number of halogens is 1. The van der Waals surface area contributed by atoms with Crippen LogP contribution in [0.4, 0.5) is 15.8 Å². The number of nitrogens with one attached hydrogen (secondary N) is 1. The number of benzene rings is 2. The minimum Gasteiger partial charge on any atom is -0.481 e. The molecule has 1 N–H and O–H groups in total. The third-order valence-corrected chi connectivity index (χ3v) is 7.26. The summed E-state index contributed by atoms with van der Waals surface area (Å²) in [5.41, 5.74) is 1.53. The van der Waals surface area contributed by atoms with E-state index in [2.05, 4.69) is 10.3 Å². The van der Waals surface area contributed by atoms with Crippen LogP contribution in [0.15, 0.2) is 71.8 Å². The molecule has 1 aliphatic heterocycles. The zero-order valence-electron chi connectivity index (χ0n) is 17.9. The van der Waals surface area contributed by atoms with Crippen molar-refractivity contribution in [3.63, 3.8) is 0 Å². The van der Waals surface area contributed by atoms with E-state index in [-0.39, 0.29) is 29.4 Å². The molecule has 0 bridgehead atoms. The zero-order chi connectivity index (χ0) is 23.4. The number of hydrogen-bond acceptors (Lipinski definition) is 6. The molecule has 1 saturated heterocycles. The molecule has 8 nitrogen and oxygen atoms in total. The number of amides is 1. The molecule has 0 aliphatic carbocycles. The van der Waals surface area contributed by atoms with Gasteiger partial charge in [-0.15, -0.1) is 0 Å². The van der Waals surface area contributed by atoms with Crippen molar-refractivity contribution in [2.45, 2.75) is 4.90 Å². The summed E-state index contributed by atoms with van der Waals surface area (Å²) in [6.45, 7) is 1.53. The number of sulfonamides is 1. The van der Waals surface area contributed by atoms with E-state index in [1.807, 2.05) is 4.90 Å². The minimum atomic E-state index is -3.77. The molecule has 0 atom stereocenters. The summed E-state index contributed by atoms with van der Waals surface area (Å²) < 4.78 is 45.9. The Bertz CT molecular complexity index is 1230. The smallest absolute Gasteiger partial charge is 0.255 e. The van der Waals surface area contributed by atoms with Crippen molar-refractivity contribution in [2.75, 3.05) is 43.5 Å². The quantitative estimate of drug-likeness (QED) is 0.596. The number of nitrogens with zero attached hydrogens (tertiary/aromatic N) is 3. The van der Waals surface area contributed by atoms with Crippen LogP contribution in [0.25, 0.3) is 0 Å². The van der Waals surface area contributed by atoms with Crippen LogP contribution in [0.3, 0.4) is 0 Å². The Morgan fingerprint density at radius 1 is 1.03 bits per heavy atom. The second-order valence-corrected chi connectivity index (χ2v) is 9.38. The molecule has 1 aromatic heterocycles. The van der Waals surface area contributed by atoms with E-state index in [0.29, 0.717) is 24.7 Å². The average Bonchev–Trinajstić information content (AvgIpc) is 2.85. The van der Waals surface area contributed by atoms with Crippen molar-refractivity contribution < 1.29 is 22.3 Å². The molecule has 0 saturated carbocycles. The molecule has 0 radical (unpaired) electrons. The second kappa shape index (κ2) is 9.55. The molecule has 1 amide bonds. The van der Waals surface area contributed by atoms with E-state index in [1.54, 1.807) is 36.4 Å². The van der Waals surface area contributed by atoms with Gasteiger partial charge in [-0.2, -0.15) is 4.31 Å². The number of hydrogen-bond donors (Lipinski definition) is 1. The summed E-state index contributed by atoms with van der Waals surface area (Å²) in [5, 5.41) is 2.70. The summed E-state index contributed by atoms with van der Waals surface area (Å²) in [7, 11) is -2.28. The van der Waals surface area contributed by atoms with E-state index in [9.17, 15) is 17.6 Å². The average molecular weight is 471 g/mol. The molecule has 172 valence electrons. The maximum Gasteiger partial charge on any atom is 0.255 e. The Kier molecular flexibility index (Phi) is 6.57. The summed E-state index contributed by atoms with van der Waals surface area (Å²) >= 11 is 0. The van der Waals surface area contributed by atoms with E-state index in [1.165, 1.54) is 41.9 Å². The lowest BCUT2D eigenvalue weighted by molar-refractivity contribution is 0.102. The van der Waals surface area contributed by atoms with E-state index < -0.39 is 15.9 Å². The molecule has 3 aromatic rings. The predicted molar refractivity (Wildman–Crippen MR) is 123 cm³/mol. The number of ether oxygens (including phenoxy) is 1. The molecule has 2 aromatic carbocycles. The van der Waals surface area contributed by atoms with Crippen LogP contribution in [0.2, 0.25) is 0 Å². The third kappa shape index (κ3) is 5.12.